The van der Waals surface area contributed by atoms with Crippen molar-refractivity contribution in [3.63, 3.8) is 0 Å². The Morgan fingerprint density at radius 3 is 2.91 bits per heavy atom. The molecule has 0 N–H and O–H groups in total. The van der Waals surface area contributed by atoms with Crippen LogP contribution in [0.3, 0.4) is 0 Å². The number of ether oxygens (including phenoxy) is 2. The second-order valence-corrected chi connectivity index (χ2v) is 6.22. The molecule has 0 bridgehead atoms. The van der Waals surface area contributed by atoms with Crippen LogP contribution in [-0.2, 0) is 6.42 Å². The molecule has 0 fully saturated rings. The van der Waals surface area contributed by atoms with E-state index in [0.717, 1.165) is 17.9 Å². The molecule has 2 heterocycles. The lowest BCUT2D eigenvalue weighted by atomic mass is 10.1. The van der Waals surface area contributed by atoms with Crippen molar-refractivity contribution >= 4 is 11.8 Å². The summed E-state index contributed by atoms with van der Waals surface area (Å²) in [5.41, 5.74) is 2.24. The van der Waals surface area contributed by atoms with Crippen molar-refractivity contribution in [3.8, 4) is 11.6 Å². The van der Waals surface area contributed by atoms with Crippen molar-refractivity contribution in [2.75, 3.05) is 20.4 Å². The van der Waals surface area contributed by atoms with Gasteiger partial charge >= 0.3 is 0 Å². The van der Waals surface area contributed by atoms with Gasteiger partial charge < -0.3 is 9.47 Å². The summed E-state index contributed by atoms with van der Waals surface area (Å²) in [5, 5.41) is 8.56. The molecule has 1 atom stereocenters. The molecule has 1 aliphatic heterocycles. The number of benzene rings is 1. The molecule has 0 spiro atoms. The molecule has 3 rings (SSSR count). The van der Waals surface area contributed by atoms with Gasteiger partial charge in [-0.25, -0.2) is 0 Å². The highest BCUT2D eigenvalue weighted by molar-refractivity contribution is 7.99. The third-order valence-electron chi connectivity index (χ3n) is 3.47. The quantitative estimate of drug-likeness (QED) is 0.761. The minimum atomic E-state index is -0.383. The minimum Gasteiger partial charge on any atom is -0.497 e. The van der Waals surface area contributed by atoms with Crippen LogP contribution in [0.15, 0.2) is 35.2 Å². The molecule has 0 saturated carbocycles. The van der Waals surface area contributed by atoms with Gasteiger partial charge in [0, 0.05) is 17.4 Å². The Morgan fingerprint density at radius 2 is 2.18 bits per heavy atom. The van der Waals surface area contributed by atoms with E-state index < -0.39 is 0 Å². The van der Waals surface area contributed by atoms with Crippen molar-refractivity contribution in [3.05, 3.63) is 41.6 Å². The van der Waals surface area contributed by atoms with Crippen molar-refractivity contribution in [2.24, 2.45) is 0 Å². The highest BCUT2D eigenvalue weighted by Crippen LogP contribution is 2.46. The van der Waals surface area contributed by atoms with E-state index in [1.807, 2.05) is 12.1 Å². The van der Waals surface area contributed by atoms with Gasteiger partial charge in [-0.2, -0.15) is 5.10 Å². The van der Waals surface area contributed by atoms with E-state index in [-0.39, 0.29) is 11.9 Å². The minimum absolute atomic E-state index is 0.259. The first-order valence-electron chi connectivity index (χ1n) is 7.16. The van der Waals surface area contributed by atoms with Gasteiger partial charge in [-0.1, -0.05) is 6.07 Å². The first-order chi connectivity index (χ1) is 10.8. The molecule has 2 aromatic rings. The third-order valence-corrected chi connectivity index (χ3v) is 4.79. The molecule has 0 amide bonds. The van der Waals surface area contributed by atoms with Gasteiger partial charge in [0.1, 0.15) is 5.75 Å². The van der Waals surface area contributed by atoms with Crippen LogP contribution in [0, 0.1) is 0 Å². The van der Waals surface area contributed by atoms with Crippen LogP contribution in [0.4, 0.5) is 4.39 Å². The molecule has 1 aromatic heterocycles. The molecule has 4 nitrogen and oxygen atoms in total. The second-order valence-electron chi connectivity index (χ2n) is 4.97. The van der Waals surface area contributed by atoms with E-state index >= 15 is 0 Å². The average Bonchev–Trinajstić information content (AvgIpc) is 2.98. The third kappa shape index (κ3) is 3.32. The Labute approximate surface area is 133 Å². The molecule has 1 aromatic carbocycles. The molecule has 0 aliphatic carbocycles. The Balaban J connectivity index is 1.66. The number of nitrogens with zero attached hydrogens (tertiary/aromatic N) is 2. The van der Waals surface area contributed by atoms with Crippen LogP contribution in [0.2, 0.25) is 0 Å². The Hall–Kier alpha value is -1.82. The maximum atomic E-state index is 12.0. The maximum absolute atomic E-state index is 12.0. The van der Waals surface area contributed by atoms with Crippen LogP contribution < -0.4 is 9.47 Å². The first-order valence-corrected chi connectivity index (χ1v) is 8.04. The van der Waals surface area contributed by atoms with Gasteiger partial charge in [-0.05, 0) is 30.2 Å². The zero-order valence-corrected chi connectivity index (χ0v) is 13.1. The largest absolute Gasteiger partial charge is 0.497 e. The SMILES string of the molecule is COc1ccc2c(c1)SC(c1ccc(OCCCF)nn1)C2. The van der Waals surface area contributed by atoms with Crippen LogP contribution in [0.25, 0.3) is 0 Å². The standard InChI is InChI=1S/C16H17FN2O2S/c1-20-12-4-3-11-9-15(22-14(11)10-12)13-5-6-16(19-18-13)21-8-2-7-17/h3-6,10,15H,2,7-9H2,1H3. The molecular weight excluding hydrogens is 303 g/mol. The number of thioether (sulfide) groups is 1. The highest BCUT2D eigenvalue weighted by atomic mass is 32.2. The fraction of sp³-hybridized carbons (Fsp3) is 0.375. The monoisotopic (exact) mass is 320 g/mol. The van der Waals surface area contributed by atoms with E-state index in [1.54, 1.807) is 24.9 Å². The van der Waals surface area contributed by atoms with Gasteiger partial charge in [-0.15, -0.1) is 16.9 Å². The summed E-state index contributed by atoms with van der Waals surface area (Å²) in [6.45, 7) is -0.0557. The van der Waals surface area contributed by atoms with Crippen LogP contribution in [0.1, 0.15) is 22.9 Å². The molecule has 0 saturated heterocycles. The van der Waals surface area contributed by atoms with E-state index in [0.29, 0.717) is 18.9 Å². The molecule has 1 aliphatic rings. The summed E-state index contributed by atoms with van der Waals surface area (Å²) >= 11 is 1.77. The van der Waals surface area contributed by atoms with E-state index in [4.69, 9.17) is 9.47 Å². The topological polar surface area (TPSA) is 44.2 Å². The summed E-state index contributed by atoms with van der Waals surface area (Å²) in [7, 11) is 1.67. The smallest absolute Gasteiger partial charge is 0.233 e. The second kappa shape index (κ2) is 6.96. The maximum Gasteiger partial charge on any atom is 0.233 e. The van der Waals surface area contributed by atoms with Gasteiger partial charge in [0.2, 0.25) is 5.88 Å². The number of fused-ring (bicyclic) bond motifs is 1. The van der Waals surface area contributed by atoms with E-state index in [1.165, 1.54) is 10.5 Å². The highest BCUT2D eigenvalue weighted by Gasteiger charge is 2.25. The van der Waals surface area contributed by atoms with Crippen molar-refractivity contribution in [1.82, 2.24) is 10.2 Å². The summed E-state index contributed by atoms with van der Waals surface area (Å²) in [6, 6.07) is 9.86. The normalized spacial score (nSPS) is 16.4. The van der Waals surface area contributed by atoms with Crippen LogP contribution in [-0.4, -0.2) is 30.6 Å². The van der Waals surface area contributed by atoms with Crippen LogP contribution >= 0.6 is 11.8 Å². The summed E-state index contributed by atoms with van der Waals surface area (Å²) < 4.78 is 22.6. The van der Waals surface area contributed by atoms with Crippen molar-refractivity contribution in [1.29, 1.82) is 0 Å². The number of aromatic nitrogens is 2. The fourth-order valence-corrected chi connectivity index (χ4v) is 3.61. The lowest BCUT2D eigenvalue weighted by molar-refractivity contribution is 0.277. The number of rotatable bonds is 6. The molecule has 116 valence electrons. The zero-order valence-electron chi connectivity index (χ0n) is 12.3. The predicted octanol–water partition coefficient (Wildman–Crippen LogP) is 3.61. The number of halogens is 1. The molecule has 22 heavy (non-hydrogen) atoms. The molecule has 1 unspecified atom stereocenters. The average molecular weight is 320 g/mol. The van der Waals surface area contributed by atoms with Gasteiger partial charge in [0.15, 0.2) is 0 Å². The fourth-order valence-electron chi connectivity index (χ4n) is 2.31. The predicted molar refractivity (Wildman–Crippen MR) is 83.4 cm³/mol. The lowest BCUT2D eigenvalue weighted by Crippen LogP contribution is -2.03. The Morgan fingerprint density at radius 1 is 1.27 bits per heavy atom. The first kappa shape index (κ1) is 15.1. The summed E-state index contributed by atoms with van der Waals surface area (Å²) in [4.78, 5) is 1.23. The Kier molecular flexibility index (Phi) is 4.77. The summed E-state index contributed by atoms with van der Waals surface area (Å²) in [6.07, 6.45) is 1.31. The van der Waals surface area contributed by atoms with Gasteiger partial charge in [0.25, 0.3) is 0 Å². The molecule has 6 heteroatoms. The number of alkyl halides is 1. The lowest BCUT2D eigenvalue weighted by Gasteiger charge is -2.08. The van der Waals surface area contributed by atoms with Crippen molar-refractivity contribution in [2.45, 2.75) is 23.0 Å². The number of hydrogen-bond acceptors (Lipinski definition) is 5. The summed E-state index contributed by atoms with van der Waals surface area (Å²) in [5.74, 6) is 1.31. The van der Waals surface area contributed by atoms with Gasteiger partial charge in [0.05, 0.1) is 31.3 Å². The number of hydrogen-bond donors (Lipinski definition) is 0. The molecular formula is C16H17FN2O2S. The molecule has 0 radical (unpaired) electrons. The van der Waals surface area contributed by atoms with Crippen LogP contribution in [0.5, 0.6) is 11.6 Å². The number of methoxy groups -OCH3 is 1. The van der Waals surface area contributed by atoms with E-state index in [9.17, 15) is 4.39 Å². The Bertz CT molecular complexity index is 637. The van der Waals surface area contributed by atoms with Gasteiger partial charge in [-0.3, -0.25) is 4.39 Å². The van der Waals surface area contributed by atoms with Crippen molar-refractivity contribution < 1.29 is 13.9 Å². The zero-order chi connectivity index (χ0) is 15.4. The van der Waals surface area contributed by atoms with E-state index in [2.05, 4.69) is 22.3 Å².